The van der Waals surface area contributed by atoms with Crippen LogP contribution in [0.5, 0.6) is 5.88 Å². The molecule has 1 N–H and O–H groups in total. The summed E-state index contributed by atoms with van der Waals surface area (Å²) in [5.41, 5.74) is 2.37. The van der Waals surface area contributed by atoms with E-state index in [1.165, 1.54) is 49.7 Å². The molecule has 2 heterocycles. The molecule has 0 unspecified atom stereocenters. The van der Waals surface area contributed by atoms with Crippen LogP contribution in [0.2, 0.25) is 0 Å². The molecule has 0 aliphatic heterocycles. The van der Waals surface area contributed by atoms with Crippen molar-refractivity contribution in [1.82, 2.24) is 19.7 Å². The predicted octanol–water partition coefficient (Wildman–Crippen LogP) is 5.73. The van der Waals surface area contributed by atoms with Gasteiger partial charge in [-0.25, -0.2) is 22.9 Å². The monoisotopic (exact) mass is 562 g/mol. The fourth-order valence-corrected chi connectivity index (χ4v) is 4.52. The lowest BCUT2D eigenvalue weighted by molar-refractivity contribution is 0.0697. The van der Waals surface area contributed by atoms with E-state index in [9.17, 15) is 14.3 Å². The van der Waals surface area contributed by atoms with E-state index in [0.717, 1.165) is 5.56 Å². The quantitative estimate of drug-likeness (QED) is 0.232. The Balaban J connectivity index is 1.46. The summed E-state index contributed by atoms with van der Waals surface area (Å²) in [6.07, 6.45) is 1.17. The number of carboxylic acid groups (broad SMARTS) is 1. The lowest BCUT2D eigenvalue weighted by atomic mass is 10.0. The number of ether oxygens (including phenoxy) is 2. The number of benzene rings is 3. The topological polar surface area (TPSA) is 99.4 Å². The summed E-state index contributed by atoms with van der Waals surface area (Å²) in [5.74, 6) is -2.83. The molecule has 2 aromatic heterocycles. The van der Waals surface area contributed by atoms with Crippen LogP contribution in [-0.4, -0.2) is 44.5 Å². The average molecular weight is 563 g/mol. The molecule has 0 saturated heterocycles. The molecule has 0 spiro atoms. The second-order valence-electron chi connectivity index (χ2n) is 9.41. The Kier molecular flexibility index (Phi) is 7.97. The number of nitrogens with zero attached hydrogens (tertiary/aromatic N) is 4. The third-order valence-corrected chi connectivity index (χ3v) is 6.64. The standard InChI is InChI=1S/C30H25F3N4O4/c1-17-3-4-19(23(31)11-17)16-41-29-21(7-8-34-36-29)20-12-24(32)22(25(33)13-20)15-28-35-26-6-5-18(30(38)39)14-27(26)37(28)9-10-40-2/h3-8,11-14H,9-10,15-16H2,1-2H3,(H,38,39). The lowest BCUT2D eigenvalue weighted by Crippen LogP contribution is -2.11. The van der Waals surface area contributed by atoms with E-state index >= 15 is 8.78 Å². The van der Waals surface area contributed by atoms with Crippen LogP contribution in [0.1, 0.15) is 32.9 Å². The van der Waals surface area contributed by atoms with E-state index in [1.807, 2.05) is 0 Å². The first-order chi connectivity index (χ1) is 19.7. The third kappa shape index (κ3) is 5.90. The number of halogens is 3. The van der Waals surface area contributed by atoms with Gasteiger partial charge in [0.25, 0.3) is 0 Å². The molecule has 3 aromatic carbocycles. The highest BCUT2D eigenvalue weighted by Gasteiger charge is 2.20. The first-order valence-electron chi connectivity index (χ1n) is 12.6. The van der Waals surface area contributed by atoms with Gasteiger partial charge in [-0.05, 0) is 60.5 Å². The number of aryl methyl sites for hydroxylation is 1. The predicted molar refractivity (Wildman–Crippen MR) is 144 cm³/mol. The molecule has 0 saturated carbocycles. The number of hydrogen-bond acceptors (Lipinski definition) is 6. The van der Waals surface area contributed by atoms with Crippen LogP contribution in [0.4, 0.5) is 13.2 Å². The first-order valence-corrected chi connectivity index (χ1v) is 12.6. The van der Waals surface area contributed by atoms with Crippen molar-refractivity contribution in [3.63, 3.8) is 0 Å². The van der Waals surface area contributed by atoms with Gasteiger partial charge in [-0.3, -0.25) is 0 Å². The Morgan fingerprint density at radius 3 is 2.49 bits per heavy atom. The van der Waals surface area contributed by atoms with Gasteiger partial charge in [-0.2, -0.15) is 5.10 Å². The molecule has 0 bridgehead atoms. The zero-order valence-corrected chi connectivity index (χ0v) is 22.2. The number of carbonyl (C=O) groups is 1. The van der Waals surface area contributed by atoms with Crippen LogP contribution in [0, 0.1) is 24.4 Å². The van der Waals surface area contributed by atoms with Crippen molar-refractivity contribution in [2.45, 2.75) is 26.5 Å². The molecule has 8 nitrogen and oxygen atoms in total. The second-order valence-corrected chi connectivity index (χ2v) is 9.41. The van der Waals surface area contributed by atoms with Crippen molar-refractivity contribution >= 4 is 17.0 Å². The molecule has 5 aromatic rings. The summed E-state index contributed by atoms with van der Waals surface area (Å²) in [6, 6.07) is 13.0. The van der Waals surface area contributed by atoms with Gasteiger partial charge < -0.3 is 19.1 Å². The van der Waals surface area contributed by atoms with Gasteiger partial charge in [0, 0.05) is 36.8 Å². The van der Waals surface area contributed by atoms with Crippen molar-refractivity contribution < 1.29 is 32.5 Å². The van der Waals surface area contributed by atoms with E-state index in [0.29, 0.717) is 29.0 Å². The van der Waals surface area contributed by atoms with Crippen molar-refractivity contribution in [2.24, 2.45) is 0 Å². The van der Waals surface area contributed by atoms with Crippen LogP contribution in [-0.2, 0) is 24.3 Å². The summed E-state index contributed by atoms with van der Waals surface area (Å²) >= 11 is 0. The Hall–Kier alpha value is -4.77. The summed E-state index contributed by atoms with van der Waals surface area (Å²) in [6.45, 7) is 2.20. The zero-order valence-electron chi connectivity index (χ0n) is 22.2. The molecule has 0 aliphatic rings. The summed E-state index contributed by atoms with van der Waals surface area (Å²) in [5, 5.41) is 17.1. The third-order valence-electron chi connectivity index (χ3n) is 6.64. The first kappa shape index (κ1) is 27.8. The molecule has 0 radical (unpaired) electrons. The van der Waals surface area contributed by atoms with Crippen LogP contribution >= 0.6 is 0 Å². The fourth-order valence-electron chi connectivity index (χ4n) is 4.52. The van der Waals surface area contributed by atoms with E-state index in [-0.39, 0.29) is 47.8 Å². The Morgan fingerprint density at radius 2 is 1.78 bits per heavy atom. The van der Waals surface area contributed by atoms with Gasteiger partial charge in [0.05, 0.1) is 29.4 Å². The maximum atomic E-state index is 15.5. The SMILES string of the molecule is COCCn1c(Cc2c(F)cc(-c3ccnnc3OCc3ccc(C)cc3F)cc2F)nc2ccc(C(=O)O)cc21. The fraction of sp³-hybridized carbons (Fsp3) is 0.200. The smallest absolute Gasteiger partial charge is 0.335 e. The highest BCUT2D eigenvalue weighted by Crippen LogP contribution is 2.32. The normalized spacial score (nSPS) is 11.2. The van der Waals surface area contributed by atoms with Crippen LogP contribution in [0.15, 0.2) is 60.8 Å². The lowest BCUT2D eigenvalue weighted by Gasteiger charge is -2.13. The minimum atomic E-state index is -1.10. The van der Waals surface area contributed by atoms with Crippen molar-refractivity contribution in [2.75, 3.05) is 13.7 Å². The summed E-state index contributed by atoms with van der Waals surface area (Å²) in [7, 11) is 1.52. The van der Waals surface area contributed by atoms with Gasteiger partial charge in [-0.15, -0.1) is 5.10 Å². The number of carboxylic acids is 1. The minimum absolute atomic E-state index is 0.00498. The maximum Gasteiger partial charge on any atom is 0.335 e. The Morgan fingerprint density at radius 1 is 1.00 bits per heavy atom. The molecule has 5 rings (SSSR count). The number of aromatic carboxylic acids is 1. The van der Waals surface area contributed by atoms with Gasteiger partial charge in [-0.1, -0.05) is 12.1 Å². The summed E-state index contributed by atoms with van der Waals surface area (Å²) < 4.78 is 57.7. The summed E-state index contributed by atoms with van der Waals surface area (Å²) in [4.78, 5) is 16.0. The number of imidazole rings is 1. The van der Waals surface area contributed by atoms with Gasteiger partial charge in [0.2, 0.25) is 5.88 Å². The molecule has 0 amide bonds. The average Bonchev–Trinajstić information content (AvgIpc) is 3.29. The largest absolute Gasteiger partial charge is 0.478 e. The molecule has 0 fully saturated rings. The number of rotatable bonds is 10. The van der Waals surface area contributed by atoms with Gasteiger partial charge >= 0.3 is 5.97 Å². The van der Waals surface area contributed by atoms with E-state index in [2.05, 4.69) is 15.2 Å². The molecule has 0 atom stereocenters. The van der Waals surface area contributed by atoms with Crippen molar-refractivity contribution in [1.29, 1.82) is 0 Å². The van der Waals surface area contributed by atoms with Gasteiger partial charge in [0.15, 0.2) is 0 Å². The highest BCUT2D eigenvalue weighted by atomic mass is 19.1. The highest BCUT2D eigenvalue weighted by molar-refractivity contribution is 5.92. The molecule has 41 heavy (non-hydrogen) atoms. The van der Waals surface area contributed by atoms with E-state index in [1.54, 1.807) is 29.7 Å². The Labute approximate surface area is 233 Å². The number of aromatic nitrogens is 4. The number of fused-ring (bicyclic) bond motifs is 1. The molecular formula is C30H25F3N4O4. The Bertz CT molecular complexity index is 1730. The van der Waals surface area contributed by atoms with Crippen molar-refractivity contribution in [3.05, 3.63) is 106 Å². The van der Waals surface area contributed by atoms with Gasteiger partial charge in [0.1, 0.15) is 29.9 Å². The second kappa shape index (κ2) is 11.8. The van der Waals surface area contributed by atoms with E-state index in [4.69, 9.17) is 9.47 Å². The van der Waals surface area contributed by atoms with Crippen LogP contribution < -0.4 is 4.74 Å². The maximum absolute atomic E-state index is 15.5. The number of methoxy groups -OCH3 is 1. The molecule has 210 valence electrons. The van der Waals surface area contributed by atoms with Crippen LogP contribution in [0.3, 0.4) is 0 Å². The molecular weight excluding hydrogens is 537 g/mol. The minimum Gasteiger partial charge on any atom is -0.478 e. The number of hydrogen-bond donors (Lipinski definition) is 1. The van der Waals surface area contributed by atoms with Crippen molar-refractivity contribution in [3.8, 4) is 17.0 Å². The molecule has 11 heteroatoms. The van der Waals surface area contributed by atoms with Crippen LogP contribution in [0.25, 0.3) is 22.2 Å². The van der Waals surface area contributed by atoms with E-state index < -0.39 is 23.4 Å². The molecule has 0 aliphatic carbocycles. The zero-order chi connectivity index (χ0) is 29.1.